The molecule has 0 nitrogen and oxygen atoms in total. The second-order valence-corrected chi connectivity index (χ2v) is 8.87. The Bertz CT molecular complexity index is 284. The van der Waals surface area contributed by atoms with Gasteiger partial charge in [-0.15, -0.1) is 0 Å². The predicted octanol–water partition coefficient (Wildman–Crippen LogP) is 6.69. The summed E-state index contributed by atoms with van der Waals surface area (Å²) in [5, 5.41) is 0. The minimum absolute atomic E-state index is 1.08. The molecule has 6 aliphatic carbocycles. The number of rotatable bonds is 0. The molecule has 6 fully saturated rings. The molecule has 0 aromatic rings. The number of hydrogen-bond donors (Lipinski definition) is 0. The largest absolute Gasteiger partial charge is 0.0683 e. The Kier molecular flexibility index (Phi) is 5.33. The molecular weight excluding hydrogens is 252 g/mol. The highest BCUT2D eigenvalue weighted by Crippen LogP contribution is 2.51. The predicted molar refractivity (Wildman–Crippen MR) is 92.2 cm³/mol. The van der Waals surface area contributed by atoms with E-state index in [0.717, 1.165) is 29.6 Å². The fraction of sp³-hybridized carbons (Fsp3) is 1.00. The van der Waals surface area contributed by atoms with Crippen LogP contribution in [0.2, 0.25) is 0 Å². The molecule has 3 unspecified atom stereocenters. The van der Waals surface area contributed by atoms with Crippen molar-refractivity contribution in [1.29, 1.82) is 0 Å². The van der Waals surface area contributed by atoms with Crippen molar-refractivity contribution in [2.24, 2.45) is 41.4 Å². The summed E-state index contributed by atoms with van der Waals surface area (Å²) in [6.45, 7) is 6.42. The number of fused-ring (bicyclic) bond motifs is 3. The van der Waals surface area contributed by atoms with Gasteiger partial charge in [0, 0.05) is 0 Å². The molecule has 0 N–H and O–H groups in total. The molecule has 0 amide bonds. The van der Waals surface area contributed by atoms with Crippen LogP contribution in [0.3, 0.4) is 0 Å². The average Bonchev–Trinajstić information content (AvgIpc) is 3.02. The topological polar surface area (TPSA) is 0 Å². The van der Waals surface area contributed by atoms with Crippen LogP contribution >= 0.6 is 0 Å². The molecule has 6 bridgehead atoms. The first-order valence-corrected chi connectivity index (χ1v) is 10.3. The van der Waals surface area contributed by atoms with Crippen molar-refractivity contribution in [2.75, 3.05) is 0 Å². The van der Waals surface area contributed by atoms with Crippen molar-refractivity contribution in [3.63, 3.8) is 0 Å². The zero-order valence-corrected chi connectivity index (χ0v) is 14.8. The quantitative estimate of drug-likeness (QED) is 0.466. The molecule has 6 saturated carbocycles. The van der Waals surface area contributed by atoms with Crippen molar-refractivity contribution in [1.82, 2.24) is 0 Å². The van der Waals surface area contributed by atoms with Crippen LogP contribution in [-0.2, 0) is 0 Å². The second-order valence-electron chi connectivity index (χ2n) is 8.87. The third-order valence-corrected chi connectivity index (χ3v) is 7.41. The smallest absolute Gasteiger partial charge is 0.0386 e. The Balaban J connectivity index is 0.000000118. The molecule has 0 aliphatic heterocycles. The highest BCUT2D eigenvalue weighted by Gasteiger charge is 2.39. The first-order valence-electron chi connectivity index (χ1n) is 10.3. The lowest BCUT2D eigenvalue weighted by Gasteiger charge is -2.38. The zero-order chi connectivity index (χ0) is 14.8. The van der Waals surface area contributed by atoms with Crippen molar-refractivity contribution >= 4 is 0 Å². The molecule has 0 aromatic carbocycles. The van der Waals surface area contributed by atoms with Gasteiger partial charge in [0.05, 0.1) is 0 Å². The summed E-state index contributed by atoms with van der Waals surface area (Å²) in [7, 11) is 0. The molecule has 0 spiro atoms. The summed E-state index contributed by atoms with van der Waals surface area (Å²) in [6.07, 6.45) is 17.4. The normalized spacial score (nSPS) is 49.0. The van der Waals surface area contributed by atoms with E-state index >= 15 is 0 Å². The molecule has 6 rings (SSSR count). The Labute approximate surface area is 133 Å². The standard InChI is InChI=1S/C11H18.C8H14.C2H6/c1-2-9-5-10-3-8(1)4-11(6-9)7-10;1-6-4-7-2-3-8(6)5-7;1-2/h8-11H,1-7H2;6-8H,2-5H2,1H3;1-2H3. The monoisotopic (exact) mass is 290 g/mol. The summed E-state index contributed by atoms with van der Waals surface area (Å²) in [5.41, 5.74) is 0. The van der Waals surface area contributed by atoms with E-state index in [1.807, 2.05) is 13.8 Å². The van der Waals surface area contributed by atoms with Gasteiger partial charge < -0.3 is 0 Å². The van der Waals surface area contributed by atoms with Gasteiger partial charge in [0.15, 0.2) is 0 Å². The maximum Gasteiger partial charge on any atom is -0.0386 e. The third-order valence-electron chi connectivity index (χ3n) is 7.41. The highest BCUT2D eigenvalue weighted by molar-refractivity contribution is 4.90. The first kappa shape index (κ1) is 15.9. The minimum Gasteiger partial charge on any atom is -0.0683 e. The van der Waals surface area contributed by atoms with Gasteiger partial charge in [-0.2, -0.15) is 0 Å². The van der Waals surface area contributed by atoms with Crippen LogP contribution in [0.1, 0.15) is 91.4 Å². The Hall–Kier alpha value is 0. The van der Waals surface area contributed by atoms with Crippen LogP contribution in [0, 0.1) is 41.4 Å². The molecule has 0 aromatic heterocycles. The van der Waals surface area contributed by atoms with Gasteiger partial charge >= 0.3 is 0 Å². The summed E-state index contributed by atoms with van der Waals surface area (Å²) in [6, 6.07) is 0. The maximum absolute atomic E-state index is 2.42. The van der Waals surface area contributed by atoms with Crippen LogP contribution in [0.25, 0.3) is 0 Å². The highest BCUT2D eigenvalue weighted by atomic mass is 14.4. The molecule has 0 heteroatoms. The van der Waals surface area contributed by atoms with E-state index in [-0.39, 0.29) is 0 Å². The van der Waals surface area contributed by atoms with Crippen molar-refractivity contribution < 1.29 is 0 Å². The van der Waals surface area contributed by atoms with Gasteiger partial charge in [0.2, 0.25) is 0 Å². The minimum atomic E-state index is 1.08. The van der Waals surface area contributed by atoms with Crippen molar-refractivity contribution in [3.8, 4) is 0 Å². The van der Waals surface area contributed by atoms with Crippen molar-refractivity contribution in [3.05, 3.63) is 0 Å². The van der Waals surface area contributed by atoms with Crippen LogP contribution in [0.4, 0.5) is 0 Å². The Morgan fingerprint density at radius 1 is 0.476 bits per heavy atom. The lowest BCUT2D eigenvalue weighted by atomic mass is 9.68. The van der Waals surface area contributed by atoms with E-state index in [2.05, 4.69) is 6.92 Å². The zero-order valence-electron chi connectivity index (χ0n) is 14.8. The van der Waals surface area contributed by atoms with E-state index in [9.17, 15) is 0 Å². The summed E-state index contributed by atoms with van der Waals surface area (Å²) in [5.74, 6) is 8.02. The third kappa shape index (κ3) is 3.67. The SMILES string of the molecule is C1CC2CC3CC1CC(C2)C3.CC.CC1CC2CCC1C2. The Morgan fingerprint density at radius 2 is 0.905 bits per heavy atom. The van der Waals surface area contributed by atoms with Crippen LogP contribution in [0.5, 0.6) is 0 Å². The second kappa shape index (κ2) is 7.05. The van der Waals surface area contributed by atoms with Crippen LogP contribution in [0.15, 0.2) is 0 Å². The lowest BCUT2D eigenvalue weighted by Crippen LogP contribution is -2.26. The van der Waals surface area contributed by atoms with Crippen LogP contribution in [-0.4, -0.2) is 0 Å². The van der Waals surface area contributed by atoms with E-state index in [1.165, 1.54) is 11.8 Å². The molecule has 21 heavy (non-hydrogen) atoms. The summed E-state index contributed by atoms with van der Waals surface area (Å²) in [4.78, 5) is 0. The number of hydrogen-bond acceptors (Lipinski definition) is 0. The first-order chi connectivity index (χ1) is 10.3. The summed E-state index contributed by atoms with van der Waals surface area (Å²) < 4.78 is 0. The van der Waals surface area contributed by atoms with Crippen LogP contribution < -0.4 is 0 Å². The van der Waals surface area contributed by atoms with E-state index in [1.54, 1.807) is 70.6 Å². The van der Waals surface area contributed by atoms with Gasteiger partial charge in [-0.05, 0) is 92.8 Å². The Morgan fingerprint density at radius 3 is 1.24 bits per heavy atom. The average molecular weight is 291 g/mol. The molecule has 3 atom stereocenters. The van der Waals surface area contributed by atoms with Gasteiger partial charge in [-0.3, -0.25) is 0 Å². The van der Waals surface area contributed by atoms with E-state index in [0.29, 0.717) is 0 Å². The summed E-state index contributed by atoms with van der Waals surface area (Å²) >= 11 is 0. The molecule has 0 radical (unpaired) electrons. The van der Waals surface area contributed by atoms with Gasteiger partial charge in [0.1, 0.15) is 0 Å². The molecule has 0 heterocycles. The van der Waals surface area contributed by atoms with E-state index < -0.39 is 0 Å². The van der Waals surface area contributed by atoms with Gasteiger partial charge in [-0.1, -0.05) is 40.0 Å². The fourth-order valence-corrected chi connectivity index (χ4v) is 6.63. The van der Waals surface area contributed by atoms with Gasteiger partial charge in [-0.25, -0.2) is 0 Å². The lowest BCUT2D eigenvalue weighted by molar-refractivity contribution is 0.134. The maximum atomic E-state index is 2.42. The van der Waals surface area contributed by atoms with Crippen molar-refractivity contribution in [2.45, 2.75) is 91.4 Å². The molecule has 6 aliphatic rings. The fourth-order valence-electron chi connectivity index (χ4n) is 6.63. The van der Waals surface area contributed by atoms with Gasteiger partial charge in [0.25, 0.3) is 0 Å². The molecular formula is C21H38. The molecule has 122 valence electrons. The van der Waals surface area contributed by atoms with E-state index in [4.69, 9.17) is 0 Å². The molecule has 0 saturated heterocycles.